The Morgan fingerprint density at radius 2 is 1.42 bits per heavy atom. The number of hydrogen-bond acceptors (Lipinski definition) is 4. The summed E-state index contributed by atoms with van der Waals surface area (Å²) in [6.07, 6.45) is 18.6. The standard InChI is InChI=1S/C43H48N2O3S2/c1-42(2)38(44(28-14-16-30-49-46)36-26-24-32-18-10-12-20-34(32)40(36)42)22-8-6-5-7-9-23-39-43(3,4)41-35-21-13-11-19-33(35)25-27-37(41)45(39)29-15-17-31-50(47)48/h5-13,18-27H,14-17,28-31H2,1-4H3,(H-,46,47,48)/p+1. The first kappa shape index (κ1) is 36.1. The molecule has 1 unspecified atom stereocenters. The van der Waals surface area contributed by atoms with Crippen LogP contribution in [0.25, 0.3) is 21.5 Å². The normalized spacial score (nSPS) is 18.1. The minimum Gasteiger partial charge on any atom is -0.344 e. The van der Waals surface area contributed by atoms with Crippen molar-refractivity contribution in [1.29, 1.82) is 0 Å². The van der Waals surface area contributed by atoms with Crippen molar-refractivity contribution in [2.45, 2.75) is 64.2 Å². The number of allylic oxidation sites excluding steroid dienone is 8. The molecule has 2 N–H and O–H groups in total. The first-order valence-electron chi connectivity index (χ1n) is 17.7. The minimum absolute atomic E-state index is 0.157. The molecule has 6 rings (SSSR count). The van der Waals surface area contributed by atoms with E-state index in [0.29, 0.717) is 12.2 Å². The molecule has 0 amide bonds. The molecule has 260 valence electrons. The maximum absolute atomic E-state index is 11.3. The summed E-state index contributed by atoms with van der Waals surface area (Å²) in [6.45, 7) is 11.0. The third-order valence-electron chi connectivity index (χ3n) is 10.3. The van der Waals surface area contributed by atoms with E-state index in [4.69, 9.17) is 0 Å². The quantitative estimate of drug-likeness (QED) is 0.0450. The van der Waals surface area contributed by atoms with E-state index >= 15 is 0 Å². The lowest BCUT2D eigenvalue weighted by Crippen LogP contribution is -2.28. The number of unbranched alkanes of at least 4 members (excludes halogenated alkanes) is 2. The van der Waals surface area contributed by atoms with E-state index in [9.17, 15) is 13.3 Å². The van der Waals surface area contributed by atoms with E-state index in [-0.39, 0.29) is 10.8 Å². The van der Waals surface area contributed by atoms with Crippen molar-refractivity contribution < 1.29 is 17.9 Å². The molecule has 0 spiro atoms. The summed E-state index contributed by atoms with van der Waals surface area (Å²) in [5.74, 6) is 1.06. The van der Waals surface area contributed by atoms with Crippen molar-refractivity contribution in [2.24, 2.45) is 0 Å². The van der Waals surface area contributed by atoms with Crippen molar-refractivity contribution in [3.63, 3.8) is 0 Å². The van der Waals surface area contributed by atoms with Gasteiger partial charge in [0.05, 0.1) is 5.41 Å². The van der Waals surface area contributed by atoms with E-state index in [2.05, 4.69) is 152 Å². The zero-order chi connectivity index (χ0) is 35.3. The van der Waals surface area contributed by atoms with Gasteiger partial charge in [0.15, 0.2) is 16.8 Å². The van der Waals surface area contributed by atoms with Crippen LogP contribution >= 0.6 is 12.0 Å². The molecule has 5 nitrogen and oxygen atoms in total. The molecular weight excluding hydrogens is 657 g/mol. The third kappa shape index (κ3) is 7.20. The summed E-state index contributed by atoms with van der Waals surface area (Å²) in [4.78, 5) is 2.48. The second-order valence-corrected chi connectivity index (χ2v) is 16.0. The summed E-state index contributed by atoms with van der Waals surface area (Å²) < 4.78 is 32.3. The molecule has 7 heteroatoms. The largest absolute Gasteiger partial charge is 0.344 e. The summed E-state index contributed by atoms with van der Waals surface area (Å²) in [7, 11) is 0. The van der Waals surface area contributed by atoms with E-state index < -0.39 is 11.1 Å². The molecule has 0 fully saturated rings. The first-order valence-corrected chi connectivity index (χ1v) is 19.9. The van der Waals surface area contributed by atoms with E-state index in [1.54, 1.807) is 0 Å². The highest BCUT2D eigenvalue weighted by Gasteiger charge is 2.45. The highest BCUT2D eigenvalue weighted by Crippen LogP contribution is 2.51. The van der Waals surface area contributed by atoms with Gasteiger partial charge in [-0.1, -0.05) is 98.8 Å². The Morgan fingerprint density at radius 3 is 2.14 bits per heavy atom. The molecule has 4 aromatic rings. The van der Waals surface area contributed by atoms with Crippen molar-refractivity contribution in [3.05, 3.63) is 132 Å². The Bertz CT molecular complexity index is 2050. The van der Waals surface area contributed by atoms with E-state index in [0.717, 1.165) is 50.1 Å². The van der Waals surface area contributed by atoms with Gasteiger partial charge in [-0.2, -0.15) is 4.58 Å². The van der Waals surface area contributed by atoms with Crippen molar-refractivity contribution in [3.8, 4) is 0 Å². The van der Waals surface area contributed by atoms with Crippen molar-refractivity contribution in [2.75, 3.05) is 29.5 Å². The second kappa shape index (κ2) is 15.6. The van der Waals surface area contributed by atoms with Crippen LogP contribution in [0, 0.1) is 0 Å². The Kier molecular flexibility index (Phi) is 11.3. The fraction of sp³-hybridized carbons (Fsp3) is 0.326. The molecule has 2 aliphatic rings. The van der Waals surface area contributed by atoms with Gasteiger partial charge in [0.25, 0.3) is 0 Å². The van der Waals surface area contributed by atoms with Crippen LogP contribution in [-0.2, 0) is 21.9 Å². The molecule has 2 heterocycles. The smallest absolute Gasteiger partial charge is 0.210 e. The highest BCUT2D eigenvalue weighted by atomic mass is 32.2. The molecule has 0 radical (unpaired) electrons. The van der Waals surface area contributed by atoms with Gasteiger partial charge in [-0.25, -0.2) is 4.21 Å². The van der Waals surface area contributed by atoms with Gasteiger partial charge in [0, 0.05) is 59.0 Å². The van der Waals surface area contributed by atoms with Gasteiger partial charge in [-0.05, 0) is 90.5 Å². The molecule has 0 aliphatic carbocycles. The Balaban J connectivity index is 1.25. The fourth-order valence-corrected chi connectivity index (χ4v) is 8.75. The molecule has 50 heavy (non-hydrogen) atoms. The fourth-order valence-electron chi connectivity index (χ4n) is 7.97. The van der Waals surface area contributed by atoms with E-state index in [1.165, 1.54) is 55.5 Å². The number of fused-ring (bicyclic) bond motifs is 6. The van der Waals surface area contributed by atoms with Gasteiger partial charge in [0.2, 0.25) is 5.69 Å². The Hall–Kier alpha value is -3.75. The molecular formula is C43H49N2O3S2+. The zero-order valence-corrected chi connectivity index (χ0v) is 31.3. The first-order chi connectivity index (χ1) is 24.2. The van der Waals surface area contributed by atoms with Crippen molar-refractivity contribution in [1.82, 2.24) is 0 Å². The minimum atomic E-state index is -1.76. The monoisotopic (exact) mass is 705 g/mol. The number of hydrogen-bond donors (Lipinski definition) is 2. The summed E-state index contributed by atoms with van der Waals surface area (Å²) in [5, 5.41) is 5.09. The Morgan fingerprint density at radius 1 is 0.760 bits per heavy atom. The SMILES string of the molecule is CC1(C)C(/C=C/C=C/C=C/C=C2\N(CCCCSO)c3ccc4ccccc4c3C2(C)C)=[N+](CCCCS(=O)O)c2ccc3ccccc3c21. The maximum atomic E-state index is 11.3. The van der Waals surface area contributed by atoms with Gasteiger partial charge < -0.3 is 14.0 Å². The van der Waals surface area contributed by atoms with Gasteiger partial charge >= 0.3 is 0 Å². The predicted octanol–water partition coefficient (Wildman–Crippen LogP) is 10.7. The van der Waals surface area contributed by atoms with Gasteiger partial charge in [0.1, 0.15) is 6.54 Å². The number of nitrogens with zero attached hydrogens (tertiary/aromatic N) is 2. The number of rotatable bonds is 14. The lowest BCUT2D eigenvalue weighted by atomic mass is 9.79. The topological polar surface area (TPSA) is 63.8 Å². The van der Waals surface area contributed by atoms with Crippen LogP contribution in [0.5, 0.6) is 0 Å². The predicted molar refractivity (Wildman–Crippen MR) is 216 cm³/mol. The van der Waals surface area contributed by atoms with Crippen LogP contribution < -0.4 is 4.90 Å². The molecule has 1 atom stereocenters. The van der Waals surface area contributed by atoms with Crippen LogP contribution in [0.15, 0.2) is 121 Å². The molecule has 0 saturated carbocycles. The van der Waals surface area contributed by atoms with Crippen LogP contribution in [0.4, 0.5) is 11.4 Å². The van der Waals surface area contributed by atoms with Crippen molar-refractivity contribution >= 4 is 61.8 Å². The lowest BCUT2D eigenvalue weighted by molar-refractivity contribution is -0.438. The van der Waals surface area contributed by atoms with Crippen LogP contribution in [-0.4, -0.2) is 48.2 Å². The summed E-state index contributed by atoms with van der Waals surface area (Å²) in [6, 6.07) is 26.2. The Labute approximate surface area is 304 Å². The number of anilines is 1. The lowest BCUT2D eigenvalue weighted by Gasteiger charge is -2.27. The maximum Gasteiger partial charge on any atom is 0.210 e. The average Bonchev–Trinajstić information content (AvgIpc) is 3.46. The third-order valence-corrected chi connectivity index (χ3v) is 11.4. The molecule has 0 bridgehead atoms. The van der Waals surface area contributed by atoms with E-state index in [1.807, 2.05) is 0 Å². The molecule has 0 aromatic heterocycles. The van der Waals surface area contributed by atoms with Crippen LogP contribution in [0.3, 0.4) is 0 Å². The molecule has 4 aromatic carbocycles. The molecule has 2 aliphatic heterocycles. The number of benzene rings is 4. The van der Waals surface area contributed by atoms with Crippen LogP contribution in [0.2, 0.25) is 0 Å². The van der Waals surface area contributed by atoms with Crippen LogP contribution in [0.1, 0.15) is 64.5 Å². The zero-order valence-electron chi connectivity index (χ0n) is 29.6. The summed E-state index contributed by atoms with van der Waals surface area (Å²) in [5.41, 5.74) is 7.38. The second-order valence-electron chi connectivity index (χ2n) is 14.3. The highest BCUT2D eigenvalue weighted by molar-refractivity contribution is 7.93. The average molecular weight is 706 g/mol. The van der Waals surface area contributed by atoms with Gasteiger partial charge in [-0.3, -0.25) is 0 Å². The summed E-state index contributed by atoms with van der Waals surface area (Å²) >= 11 is -0.837. The molecule has 0 saturated heterocycles. The van der Waals surface area contributed by atoms with Gasteiger partial charge in [-0.15, -0.1) is 0 Å².